The Balaban J connectivity index is 1.99. The van der Waals surface area contributed by atoms with E-state index >= 15 is 0 Å². The van der Waals surface area contributed by atoms with E-state index in [-0.39, 0.29) is 12.8 Å². The average molecular weight is 549 g/mol. The van der Waals surface area contributed by atoms with E-state index in [9.17, 15) is 29.1 Å². The molecule has 39 heavy (non-hydrogen) atoms. The SMILES string of the molecule is C=C1C(C2(C)C=CC(=O)OC(C)(C)C2CC(=O)OC)C(OC(C)=O)C(OC(C)=O)C2(C)C(C(=O)O)CC3OC132. The predicted octanol–water partition coefficient (Wildman–Crippen LogP) is 2.36. The Labute approximate surface area is 226 Å². The van der Waals surface area contributed by atoms with Gasteiger partial charge in [-0.3, -0.25) is 19.2 Å². The maximum absolute atomic E-state index is 12.7. The molecule has 1 N–H and O–H groups in total. The number of carbonyl (C=O) groups excluding carboxylic acids is 4. The number of carbonyl (C=O) groups is 5. The Morgan fingerprint density at radius 3 is 2.26 bits per heavy atom. The van der Waals surface area contributed by atoms with Crippen molar-refractivity contribution in [1.82, 2.24) is 0 Å². The van der Waals surface area contributed by atoms with Crippen molar-refractivity contribution in [3.05, 3.63) is 24.3 Å². The van der Waals surface area contributed by atoms with Gasteiger partial charge in [0.15, 0.2) is 0 Å². The van der Waals surface area contributed by atoms with Crippen LogP contribution in [0.2, 0.25) is 0 Å². The topological polar surface area (TPSA) is 155 Å². The zero-order valence-electron chi connectivity index (χ0n) is 23.3. The number of carboxylic acid groups (broad SMARTS) is 1. The molecule has 0 aromatic heterocycles. The third kappa shape index (κ3) is 4.08. The second-order valence-corrected chi connectivity index (χ2v) is 11.9. The number of hydrogen-bond donors (Lipinski definition) is 1. The molecule has 1 spiro atoms. The summed E-state index contributed by atoms with van der Waals surface area (Å²) in [4.78, 5) is 62.7. The lowest BCUT2D eigenvalue weighted by Crippen LogP contribution is -2.67. The van der Waals surface area contributed by atoms with Crippen molar-refractivity contribution in [2.75, 3.05) is 7.11 Å². The van der Waals surface area contributed by atoms with Crippen LogP contribution in [-0.2, 0) is 47.7 Å². The fourth-order valence-electron chi connectivity index (χ4n) is 7.87. The second kappa shape index (κ2) is 9.18. The number of hydrogen-bond acceptors (Lipinski definition) is 10. The summed E-state index contributed by atoms with van der Waals surface area (Å²) in [7, 11) is 1.25. The van der Waals surface area contributed by atoms with Crippen LogP contribution < -0.4 is 0 Å². The maximum Gasteiger partial charge on any atom is 0.330 e. The molecule has 2 aliphatic heterocycles. The smallest absolute Gasteiger partial charge is 0.330 e. The summed E-state index contributed by atoms with van der Waals surface area (Å²) in [6, 6.07) is 0. The van der Waals surface area contributed by atoms with Gasteiger partial charge in [0.25, 0.3) is 0 Å². The molecule has 0 bridgehead atoms. The van der Waals surface area contributed by atoms with Gasteiger partial charge in [-0.05, 0) is 25.8 Å². The molecule has 9 unspecified atom stereocenters. The first-order valence-corrected chi connectivity index (χ1v) is 12.9. The number of cyclic esters (lactones) is 1. The summed E-state index contributed by atoms with van der Waals surface area (Å²) < 4.78 is 28.6. The summed E-state index contributed by atoms with van der Waals surface area (Å²) in [5, 5.41) is 10.2. The van der Waals surface area contributed by atoms with Gasteiger partial charge in [-0.25, -0.2) is 4.79 Å². The molecule has 4 aliphatic rings. The first kappa shape index (κ1) is 28.8. The van der Waals surface area contributed by atoms with Crippen LogP contribution in [0.1, 0.15) is 54.4 Å². The number of rotatable bonds is 6. The van der Waals surface area contributed by atoms with Crippen LogP contribution in [0.4, 0.5) is 0 Å². The highest BCUT2D eigenvalue weighted by Crippen LogP contribution is 2.74. The van der Waals surface area contributed by atoms with Gasteiger partial charge in [-0.15, -0.1) is 0 Å². The standard InChI is InChI=1S/C28H36O11/c1-13-21(26(6)10-9-19(31)39-25(4,5)17(26)12-20(32)35-8)22(36-14(2)29)23(37-15(3)30)27(7)16(24(33)34)11-18-28(13,27)38-18/h9-10,16-18,21-23H,1,11-12H2,2-8H3,(H,33,34). The first-order chi connectivity index (χ1) is 18.0. The lowest BCUT2D eigenvalue weighted by Gasteiger charge is -2.58. The van der Waals surface area contributed by atoms with E-state index in [1.807, 2.05) is 0 Å². The highest BCUT2D eigenvalue weighted by atomic mass is 16.6. The number of methoxy groups -OCH3 is 1. The van der Waals surface area contributed by atoms with Gasteiger partial charge in [0.05, 0.1) is 31.0 Å². The highest BCUT2D eigenvalue weighted by molar-refractivity contribution is 5.83. The van der Waals surface area contributed by atoms with Crippen LogP contribution in [-0.4, -0.2) is 71.6 Å². The molecular weight excluding hydrogens is 512 g/mol. The van der Waals surface area contributed by atoms with Gasteiger partial charge in [0.1, 0.15) is 23.4 Å². The number of esters is 4. The maximum atomic E-state index is 12.7. The molecule has 11 heteroatoms. The van der Waals surface area contributed by atoms with Crippen LogP contribution in [0.15, 0.2) is 24.3 Å². The largest absolute Gasteiger partial charge is 0.481 e. The van der Waals surface area contributed by atoms with Crippen molar-refractivity contribution in [3.63, 3.8) is 0 Å². The van der Waals surface area contributed by atoms with Crippen molar-refractivity contribution in [2.45, 2.75) is 83.9 Å². The molecule has 2 aliphatic carbocycles. The van der Waals surface area contributed by atoms with Crippen molar-refractivity contribution in [2.24, 2.45) is 28.6 Å². The minimum absolute atomic E-state index is 0.146. The van der Waals surface area contributed by atoms with Crippen LogP contribution in [0.25, 0.3) is 0 Å². The van der Waals surface area contributed by atoms with E-state index in [2.05, 4.69) is 6.58 Å². The Morgan fingerprint density at radius 2 is 1.72 bits per heavy atom. The molecule has 11 nitrogen and oxygen atoms in total. The van der Waals surface area contributed by atoms with Gasteiger partial charge in [-0.1, -0.05) is 26.5 Å². The lowest BCUT2D eigenvalue weighted by molar-refractivity contribution is -0.215. The van der Waals surface area contributed by atoms with E-state index < -0.39 is 87.9 Å². The van der Waals surface area contributed by atoms with Crippen molar-refractivity contribution in [1.29, 1.82) is 0 Å². The van der Waals surface area contributed by atoms with Crippen molar-refractivity contribution in [3.8, 4) is 0 Å². The Bertz CT molecular complexity index is 1170. The van der Waals surface area contributed by atoms with E-state index in [0.717, 1.165) is 0 Å². The highest BCUT2D eigenvalue weighted by Gasteiger charge is 2.85. The van der Waals surface area contributed by atoms with Crippen LogP contribution in [0, 0.1) is 28.6 Å². The van der Waals surface area contributed by atoms with E-state index in [1.165, 1.54) is 27.0 Å². The summed E-state index contributed by atoms with van der Waals surface area (Å²) in [5.41, 5.74) is -4.46. The molecule has 9 atom stereocenters. The molecule has 3 fully saturated rings. The molecule has 0 amide bonds. The van der Waals surface area contributed by atoms with Crippen molar-refractivity contribution < 1.29 is 52.8 Å². The van der Waals surface area contributed by atoms with Crippen LogP contribution in [0.3, 0.4) is 0 Å². The summed E-state index contributed by atoms with van der Waals surface area (Å²) >= 11 is 0. The minimum Gasteiger partial charge on any atom is -0.481 e. The molecular formula is C28H36O11. The van der Waals surface area contributed by atoms with E-state index in [1.54, 1.807) is 33.8 Å². The molecule has 2 heterocycles. The van der Waals surface area contributed by atoms with Gasteiger partial charge in [0, 0.05) is 37.2 Å². The zero-order chi connectivity index (χ0) is 29.3. The molecule has 1 saturated heterocycles. The molecule has 0 aromatic rings. The normalized spacial score (nSPS) is 41.8. The monoisotopic (exact) mass is 548 g/mol. The second-order valence-electron chi connectivity index (χ2n) is 11.9. The number of aliphatic carboxylic acids is 1. The third-order valence-corrected chi connectivity index (χ3v) is 9.46. The number of allylic oxidation sites excluding steroid dienone is 1. The Kier molecular flexibility index (Phi) is 6.77. The van der Waals surface area contributed by atoms with Gasteiger partial charge >= 0.3 is 29.8 Å². The van der Waals surface area contributed by atoms with E-state index in [4.69, 9.17) is 23.7 Å². The number of carboxylic acids is 1. The minimum atomic E-state index is -1.33. The molecule has 214 valence electrons. The lowest BCUT2D eigenvalue weighted by atomic mass is 9.49. The number of ether oxygens (including phenoxy) is 5. The van der Waals surface area contributed by atoms with Gasteiger partial charge in [0.2, 0.25) is 0 Å². The molecule has 2 saturated carbocycles. The molecule has 0 aromatic carbocycles. The average Bonchev–Trinajstić information content (AvgIpc) is 3.50. The fraction of sp³-hybridized carbons (Fsp3) is 0.679. The fourth-order valence-corrected chi connectivity index (χ4v) is 7.87. The Hall–Kier alpha value is -3.21. The summed E-state index contributed by atoms with van der Waals surface area (Å²) in [5.74, 6) is -6.25. The van der Waals surface area contributed by atoms with Crippen LogP contribution >= 0.6 is 0 Å². The Morgan fingerprint density at radius 1 is 1.10 bits per heavy atom. The van der Waals surface area contributed by atoms with E-state index in [0.29, 0.717) is 5.57 Å². The molecule has 0 radical (unpaired) electrons. The zero-order valence-corrected chi connectivity index (χ0v) is 23.3. The summed E-state index contributed by atoms with van der Waals surface area (Å²) in [6.45, 7) is 13.6. The van der Waals surface area contributed by atoms with Gasteiger partial charge in [-0.2, -0.15) is 0 Å². The van der Waals surface area contributed by atoms with Gasteiger partial charge < -0.3 is 28.8 Å². The first-order valence-electron chi connectivity index (χ1n) is 12.9. The summed E-state index contributed by atoms with van der Waals surface area (Å²) in [6.07, 6.45) is -0.142. The third-order valence-electron chi connectivity index (χ3n) is 9.46. The quantitative estimate of drug-likeness (QED) is 0.225. The van der Waals surface area contributed by atoms with Crippen LogP contribution in [0.5, 0.6) is 0 Å². The predicted molar refractivity (Wildman–Crippen MR) is 133 cm³/mol. The molecule has 4 rings (SSSR count). The number of epoxide rings is 1. The van der Waals surface area contributed by atoms with Crippen molar-refractivity contribution >= 4 is 29.8 Å².